The van der Waals surface area contributed by atoms with Gasteiger partial charge in [0.15, 0.2) is 9.84 Å². The predicted octanol–water partition coefficient (Wildman–Crippen LogP) is 3.64. The third kappa shape index (κ3) is 6.36. The van der Waals surface area contributed by atoms with E-state index in [0.29, 0.717) is 5.02 Å². The third-order valence-corrected chi connectivity index (χ3v) is 9.63. The maximum atomic E-state index is 14.9. The van der Waals surface area contributed by atoms with E-state index in [4.69, 9.17) is 15.8 Å². The maximum absolute atomic E-state index is 14.9. The summed E-state index contributed by atoms with van der Waals surface area (Å²) in [4.78, 5) is 10.7. The molecule has 1 saturated carbocycles. The zero-order valence-electron chi connectivity index (χ0n) is 18.7. The first kappa shape index (κ1) is 27.5. The molecule has 192 valence electrons. The number of nitrogens with one attached hydrogen (secondary N) is 1. The highest BCUT2D eigenvalue weighted by Crippen LogP contribution is 2.48. The van der Waals surface area contributed by atoms with Crippen LogP contribution in [0.4, 0.5) is 8.78 Å². The van der Waals surface area contributed by atoms with Gasteiger partial charge in [0.2, 0.25) is 0 Å². The average molecular weight is 552 g/mol. The van der Waals surface area contributed by atoms with Gasteiger partial charge in [0.25, 0.3) is 0 Å². The summed E-state index contributed by atoms with van der Waals surface area (Å²) in [6.07, 6.45) is -1.45. The largest absolute Gasteiger partial charge is 0.464 e. The second-order valence-electron chi connectivity index (χ2n) is 8.06. The standard InChI is InChI=1S/C22H24ClF2NO7S2/c1-15(27)32-13-12-26-35(30,31)33-18-8-10-22(11-9-18,20-14-17(24)4-7-21(20)25)34(28,29)19-5-2-16(23)3-6-19/h2-7,14,18,26H,8-13H2,1H3. The molecule has 0 bridgehead atoms. The topological polar surface area (TPSA) is 116 Å². The number of carbonyl (C=O) groups excluding carboxylic acids is 1. The molecule has 0 aromatic heterocycles. The molecule has 35 heavy (non-hydrogen) atoms. The van der Waals surface area contributed by atoms with E-state index < -0.39 is 48.6 Å². The quantitative estimate of drug-likeness (QED) is 0.373. The lowest BCUT2D eigenvalue weighted by Gasteiger charge is -2.39. The Kier molecular flexibility index (Phi) is 8.53. The number of esters is 1. The normalized spacial score (nSPS) is 21.0. The number of hydrogen-bond acceptors (Lipinski definition) is 7. The van der Waals surface area contributed by atoms with Crippen LogP contribution in [0.1, 0.15) is 38.2 Å². The van der Waals surface area contributed by atoms with Crippen molar-refractivity contribution in [3.8, 4) is 0 Å². The van der Waals surface area contributed by atoms with Crippen LogP contribution in [-0.4, -0.2) is 42.1 Å². The van der Waals surface area contributed by atoms with Crippen molar-refractivity contribution in [1.82, 2.24) is 4.72 Å². The smallest absolute Gasteiger partial charge is 0.336 e. The van der Waals surface area contributed by atoms with Gasteiger partial charge in [-0.05, 0) is 68.1 Å². The molecule has 0 aliphatic heterocycles. The van der Waals surface area contributed by atoms with Gasteiger partial charge in [-0.25, -0.2) is 17.2 Å². The molecule has 0 atom stereocenters. The molecule has 3 rings (SSSR count). The monoisotopic (exact) mass is 551 g/mol. The van der Waals surface area contributed by atoms with Gasteiger partial charge in [-0.2, -0.15) is 13.1 Å². The molecule has 0 amide bonds. The van der Waals surface area contributed by atoms with Crippen LogP contribution in [0.15, 0.2) is 47.4 Å². The second-order valence-corrected chi connectivity index (χ2v) is 12.1. The van der Waals surface area contributed by atoms with Crippen LogP contribution in [0.2, 0.25) is 5.02 Å². The molecule has 1 fully saturated rings. The fourth-order valence-electron chi connectivity index (χ4n) is 4.10. The first-order valence-corrected chi connectivity index (χ1v) is 13.9. The lowest BCUT2D eigenvalue weighted by molar-refractivity contribution is -0.140. The second kappa shape index (κ2) is 10.9. The first-order valence-electron chi connectivity index (χ1n) is 10.6. The Morgan fingerprint density at radius 2 is 1.71 bits per heavy atom. The molecule has 0 saturated heterocycles. The molecule has 2 aromatic rings. The van der Waals surface area contributed by atoms with Gasteiger partial charge in [-0.1, -0.05) is 11.6 Å². The highest BCUT2D eigenvalue weighted by molar-refractivity contribution is 7.92. The van der Waals surface area contributed by atoms with Crippen molar-refractivity contribution in [3.63, 3.8) is 0 Å². The SMILES string of the molecule is CC(=O)OCCNS(=O)(=O)OC1CCC(c2cc(F)ccc2F)(S(=O)(=O)c2ccc(Cl)cc2)CC1. The Bertz CT molecular complexity index is 1280. The van der Waals surface area contributed by atoms with E-state index in [2.05, 4.69) is 9.46 Å². The van der Waals surface area contributed by atoms with E-state index in [1.807, 2.05) is 0 Å². The van der Waals surface area contributed by atoms with Gasteiger partial charge in [0.1, 0.15) is 23.0 Å². The van der Waals surface area contributed by atoms with E-state index in [9.17, 15) is 30.4 Å². The van der Waals surface area contributed by atoms with Crippen molar-refractivity contribution in [3.05, 3.63) is 64.7 Å². The molecular formula is C22H24ClF2NO7S2. The number of benzene rings is 2. The van der Waals surface area contributed by atoms with Gasteiger partial charge in [0.05, 0.1) is 11.0 Å². The van der Waals surface area contributed by atoms with Crippen LogP contribution in [0, 0.1) is 11.6 Å². The Balaban J connectivity index is 1.86. The van der Waals surface area contributed by atoms with Crippen molar-refractivity contribution in [1.29, 1.82) is 0 Å². The molecule has 1 aliphatic carbocycles. The van der Waals surface area contributed by atoms with Crippen molar-refractivity contribution in [2.75, 3.05) is 13.2 Å². The van der Waals surface area contributed by atoms with E-state index >= 15 is 0 Å². The lowest BCUT2D eigenvalue weighted by Crippen LogP contribution is -2.43. The van der Waals surface area contributed by atoms with Crippen molar-refractivity contribution < 1.29 is 39.3 Å². The molecule has 1 N–H and O–H groups in total. The van der Waals surface area contributed by atoms with Crippen molar-refractivity contribution in [2.24, 2.45) is 0 Å². The fraction of sp³-hybridized carbons (Fsp3) is 0.409. The number of hydrogen-bond donors (Lipinski definition) is 1. The number of halogens is 3. The van der Waals surface area contributed by atoms with Crippen LogP contribution >= 0.6 is 11.6 Å². The molecule has 1 aliphatic rings. The highest BCUT2D eigenvalue weighted by atomic mass is 35.5. The summed E-state index contributed by atoms with van der Waals surface area (Å²) < 4.78 is 91.0. The molecular weight excluding hydrogens is 528 g/mol. The van der Waals surface area contributed by atoms with Gasteiger partial charge in [-0.3, -0.25) is 8.98 Å². The summed E-state index contributed by atoms with van der Waals surface area (Å²) in [5.41, 5.74) is -0.326. The van der Waals surface area contributed by atoms with E-state index in [0.717, 1.165) is 18.2 Å². The van der Waals surface area contributed by atoms with Crippen LogP contribution in [0.3, 0.4) is 0 Å². The van der Waals surface area contributed by atoms with E-state index in [1.54, 1.807) is 0 Å². The van der Waals surface area contributed by atoms with E-state index in [1.165, 1.54) is 31.2 Å². The van der Waals surface area contributed by atoms with Gasteiger partial charge >= 0.3 is 16.3 Å². The van der Waals surface area contributed by atoms with Gasteiger partial charge < -0.3 is 4.74 Å². The third-order valence-electron chi connectivity index (χ3n) is 5.75. The Labute approximate surface area is 207 Å². The van der Waals surface area contributed by atoms with Crippen molar-refractivity contribution in [2.45, 2.75) is 48.4 Å². The molecule has 8 nitrogen and oxygen atoms in total. The predicted molar refractivity (Wildman–Crippen MR) is 124 cm³/mol. The molecule has 2 aromatic carbocycles. The molecule has 0 unspecified atom stereocenters. The van der Waals surface area contributed by atoms with Crippen LogP contribution in [-0.2, 0) is 38.6 Å². The minimum Gasteiger partial charge on any atom is -0.464 e. The number of rotatable bonds is 9. The number of carbonyl (C=O) groups is 1. The Hall–Kier alpha value is -2.12. The minimum atomic E-state index is -4.26. The zero-order valence-corrected chi connectivity index (χ0v) is 21.1. The molecule has 0 radical (unpaired) electrons. The van der Waals surface area contributed by atoms with Gasteiger partial charge in [0, 0.05) is 24.1 Å². The molecule has 0 spiro atoms. The van der Waals surface area contributed by atoms with Crippen LogP contribution in [0.25, 0.3) is 0 Å². The van der Waals surface area contributed by atoms with Crippen LogP contribution < -0.4 is 4.72 Å². The van der Waals surface area contributed by atoms with E-state index in [-0.39, 0.29) is 49.3 Å². The highest BCUT2D eigenvalue weighted by Gasteiger charge is 2.50. The van der Waals surface area contributed by atoms with Crippen molar-refractivity contribution >= 4 is 37.7 Å². The first-order chi connectivity index (χ1) is 16.4. The average Bonchev–Trinajstić information content (AvgIpc) is 2.79. The number of ether oxygens (including phenoxy) is 1. The summed E-state index contributed by atoms with van der Waals surface area (Å²) in [5, 5.41) is 0.304. The summed E-state index contributed by atoms with van der Waals surface area (Å²) in [5.74, 6) is -2.26. The summed E-state index contributed by atoms with van der Waals surface area (Å²) in [7, 11) is -8.49. The minimum absolute atomic E-state index is 0.0619. The fourth-order valence-corrected chi connectivity index (χ4v) is 7.34. The Morgan fingerprint density at radius 3 is 2.31 bits per heavy atom. The molecule has 0 heterocycles. The van der Waals surface area contributed by atoms with Crippen LogP contribution in [0.5, 0.6) is 0 Å². The summed E-state index contributed by atoms with van der Waals surface area (Å²) in [6.45, 7) is 0.778. The lowest BCUT2D eigenvalue weighted by atomic mass is 9.81. The summed E-state index contributed by atoms with van der Waals surface area (Å²) >= 11 is 5.88. The Morgan fingerprint density at radius 1 is 1.09 bits per heavy atom. The molecule has 13 heteroatoms. The zero-order chi connectivity index (χ0) is 25.9. The number of sulfone groups is 1. The van der Waals surface area contributed by atoms with Gasteiger partial charge in [-0.15, -0.1) is 0 Å². The maximum Gasteiger partial charge on any atom is 0.336 e. The summed E-state index contributed by atoms with van der Waals surface area (Å²) in [6, 6.07) is 7.96.